The number of nitrogens with zero attached hydrogens (tertiary/aromatic N) is 2. The van der Waals surface area contributed by atoms with E-state index in [0.717, 1.165) is 30.2 Å². The normalized spacial score (nSPS) is 18.9. The van der Waals surface area contributed by atoms with Crippen molar-refractivity contribution in [3.8, 4) is 0 Å². The number of hydrogen-bond acceptors (Lipinski definition) is 5. The number of thioether (sulfide) groups is 1. The Morgan fingerprint density at radius 2 is 2.00 bits per heavy atom. The van der Waals surface area contributed by atoms with Gasteiger partial charge in [-0.25, -0.2) is 8.42 Å². The van der Waals surface area contributed by atoms with Crippen molar-refractivity contribution in [2.75, 3.05) is 23.8 Å². The maximum atomic E-state index is 11.8. The minimum Gasteiger partial charge on any atom is -0.312 e. The van der Waals surface area contributed by atoms with E-state index in [2.05, 4.69) is 42.5 Å². The summed E-state index contributed by atoms with van der Waals surface area (Å²) < 4.78 is 25.5. The zero-order valence-corrected chi connectivity index (χ0v) is 18.2. The minimum absolute atomic E-state index is 0.0113. The lowest BCUT2D eigenvalue weighted by Crippen LogP contribution is -2.18. The molecule has 1 aliphatic heterocycles. The second-order valence-electron chi connectivity index (χ2n) is 7.42. The molecular weight excluding hydrogens is 378 g/mol. The minimum atomic E-state index is -2.90. The van der Waals surface area contributed by atoms with Crippen molar-refractivity contribution in [2.24, 2.45) is 0 Å². The molecule has 3 rings (SSSR count). The maximum Gasteiger partial charge on any atom is 0.152 e. The zero-order valence-electron chi connectivity index (χ0n) is 16.6. The lowest BCUT2D eigenvalue weighted by Gasteiger charge is -2.12. The monoisotopic (exact) mass is 407 g/mol. The molecular formula is C20H29N3O2S2. The van der Waals surface area contributed by atoms with E-state index in [9.17, 15) is 8.42 Å². The predicted octanol–water partition coefficient (Wildman–Crippen LogP) is 3.36. The molecule has 5 nitrogen and oxygen atoms in total. The van der Waals surface area contributed by atoms with Gasteiger partial charge in [0.1, 0.15) is 0 Å². The Hall–Kier alpha value is -1.31. The lowest BCUT2D eigenvalue weighted by molar-refractivity contribution is 0.485. The molecule has 1 N–H and O–H groups in total. The first-order valence-corrected chi connectivity index (χ1v) is 12.2. The van der Waals surface area contributed by atoms with Gasteiger partial charge in [0, 0.05) is 35.0 Å². The van der Waals surface area contributed by atoms with Gasteiger partial charge in [-0.2, -0.15) is 5.10 Å². The van der Waals surface area contributed by atoms with E-state index in [1.807, 2.05) is 30.3 Å². The van der Waals surface area contributed by atoms with Gasteiger partial charge in [0.2, 0.25) is 0 Å². The van der Waals surface area contributed by atoms with Crippen molar-refractivity contribution in [3.05, 3.63) is 46.3 Å². The summed E-state index contributed by atoms with van der Waals surface area (Å²) in [6.07, 6.45) is 0.670. The molecule has 1 fully saturated rings. The molecule has 2 heterocycles. The molecule has 27 heavy (non-hydrogen) atoms. The van der Waals surface area contributed by atoms with Crippen LogP contribution in [0.4, 0.5) is 0 Å². The fraction of sp³-hybridized carbons (Fsp3) is 0.550. The number of sulfone groups is 1. The third-order valence-electron chi connectivity index (χ3n) is 5.36. The topological polar surface area (TPSA) is 64.0 Å². The van der Waals surface area contributed by atoms with Crippen molar-refractivity contribution < 1.29 is 8.42 Å². The second kappa shape index (κ2) is 8.37. The average molecular weight is 408 g/mol. The van der Waals surface area contributed by atoms with Crippen molar-refractivity contribution in [1.82, 2.24) is 15.1 Å². The van der Waals surface area contributed by atoms with Crippen LogP contribution < -0.4 is 5.32 Å². The predicted molar refractivity (Wildman–Crippen MR) is 112 cm³/mol. The van der Waals surface area contributed by atoms with Crippen molar-refractivity contribution in [1.29, 1.82) is 0 Å². The van der Waals surface area contributed by atoms with Crippen LogP contribution in [0.3, 0.4) is 0 Å². The van der Waals surface area contributed by atoms with Crippen molar-refractivity contribution in [2.45, 2.75) is 51.6 Å². The first-order valence-electron chi connectivity index (χ1n) is 9.42. The largest absolute Gasteiger partial charge is 0.312 e. The molecule has 1 aromatic carbocycles. The molecule has 0 amide bonds. The third-order valence-corrected chi connectivity index (χ3v) is 8.10. The first-order chi connectivity index (χ1) is 12.8. The Balaban J connectivity index is 1.52. The smallest absolute Gasteiger partial charge is 0.152 e. The van der Waals surface area contributed by atoms with E-state index in [-0.39, 0.29) is 17.5 Å². The standard InChI is InChI=1S/C20H29N3O2S2/c1-14-5-6-19(11-15(14)2)26-9-8-21-12-20-16(3)22-23(17(20)4)18-7-10-27(24,25)13-18/h5-6,11,18,21H,7-10,12-13H2,1-4H3/t18-/m0/s1. The number of nitrogens with one attached hydrogen (secondary N) is 1. The molecule has 0 bridgehead atoms. The SMILES string of the molecule is Cc1ccc(SCCNCc2c(C)nn([C@H]3CCS(=O)(=O)C3)c2C)cc1C. The molecule has 1 atom stereocenters. The molecule has 1 aromatic heterocycles. The van der Waals surface area contributed by atoms with Crippen LogP contribution in [0.25, 0.3) is 0 Å². The highest BCUT2D eigenvalue weighted by Gasteiger charge is 2.31. The number of aryl methyl sites for hydroxylation is 3. The summed E-state index contributed by atoms with van der Waals surface area (Å²) in [5, 5.41) is 8.14. The van der Waals surface area contributed by atoms with E-state index in [0.29, 0.717) is 6.42 Å². The maximum absolute atomic E-state index is 11.8. The Morgan fingerprint density at radius 3 is 2.67 bits per heavy atom. The molecule has 1 saturated heterocycles. The summed E-state index contributed by atoms with van der Waals surface area (Å²) in [7, 11) is -2.90. The molecule has 0 aliphatic carbocycles. The highest BCUT2D eigenvalue weighted by molar-refractivity contribution is 7.99. The molecule has 0 radical (unpaired) electrons. The van der Waals surface area contributed by atoms with E-state index in [4.69, 9.17) is 0 Å². The molecule has 0 saturated carbocycles. The van der Waals surface area contributed by atoms with Gasteiger partial charge in [0.05, 0.1) is 23.2 Å². The molecule has 1 aliphatic rings. The van der Waals surface area contributed by atoms with Gasteiger partial charge < -0.3 is 5.32 Å². The summed E-state index contributed by atoms with van der Waals surface area (Å²) >= 11 is 1.86. The van der Waals surface area contributed by atoms with Gasteiger partial charge in [-0.15, -0.1) is 11.8 Å². The number of hydrogen-bond donors (Lipinski definition) is 1. The van der Waals surface area contributed by atoms with Crippen LogP contribution in [0, 0.1) is 27.7 Å². The van der Waals surface area contributed by atoms with Gasteiger partial charge in [-0.05, 0) is 57.4 Å². The van der Waals surface area contributed by atoms with Crippen LogP contribution in [0.1, 0.15) is 40.5 Å². The first kappa shape index (κ1) is 20.4. The Morgan fingerprint density at radius 1 is 1.22 bits per heavy atom. The summed E-state index contributed by atoms with van der Waals surface area (Å²) in [5.41, 5.74) is 5.93. The van der Waals surface area contributed by atoms with Gasteiger partial charge in [0.15, 0.2) is 9.84 Å². The Labute approximate surface area is 166 Å². The molecule has 7 heteroatoms. The zero-order chi connectivity index (χ0) is 19.6. The molecule has 0 spiro atoms. The van der Waals surface area contributed by atoms with Crippen LogP contribution in [0.15, 0.2) is 23.1 Å². The van der Waals surface area contributed by atoms with Gasteiger partial charge in [0.25, 0.3) is 0 Å². The van der Waals surface area contributed by atoms with Crippen LogP contribution in [-0.2, 0) is 16.4 Å². The van der Waals surface area contributed by atoms with Gasteiger partial charge >= 0.3 is 0 Å². The second-order valence-corrected chi connectivity index (χ2v) is 10.8. The Bertz CT molecular complexity index is 920. The quantitative estimate of drug-likeness (QED) is 0.563. The summed E-state index contributed by atoms with van der Waals surface area (Å²) in [6.45, 7) is 10.0. The Kier molecular flexibility index (Phi) is 6.33. The van der Waals surface area contributed by atoms with Crippen LogP contribution in [-0.4, -0.2) is 42.0 Å². The van der Waals surface area contributed by atoms with Gasteiger partial charge in [-0.1, -0.05) is 6.07 Å². The van der Waals surface area contributed by atoms with Crippen LogP contribution in [0.5, 0.6) is 0 Å². The number of aromatic nitrogens is 2. The molecule has 0 unspecified atom stereocenters. The summed E-state index contributed by atoms with van der Waals surface area (Å²) in [4.78, 5) is 1.31. The molecule has 148 valence electrons. The summed E-state index contributed by atoms with van der Waals surface area (Å²) in [5.74, 6) is 1.50. The average Bonchev–Trinajstić information content (AvgIpc) is 3.10. The highest BCUT2D eigenvalue weighted by atomic mass is 32.2. The fourth-order valence-electron chi connectivity index (χ4n) is 3.53. The van der Waals surface area contributed by atoms with E-state index >= 15 is 0 Å². The third kappa shape index (κ3) is 4.95. The van der Waals surface area contributed by atoms with Crippen LogP contribution in [0.2, 0.25) is 0 Å². The van der Waals surface area contributed by atoms with E-state index in [1.54, 1.807) is 0 Å². The van der Waals surface area contributed by atoms with Crippen molar-refractivity contribution in [3.63, 3.8) is 0 Å². The summed E-state index contributed by atoms with van der Waals surface area (Å²) in [6, 6.07) is 6.59. The van der Waals surface area contributed by atoms with Crippen LogP contribution >= 0.6 is 11.8 Å². The highest BCUT2D eigenvalue weighted by Crippen LogP contribution is 2.27. The van der Waals surface area contributed by atoms with Crippen molar-refractivity contribution >= 4 is 21.6 Å². The molecule has 2 aromatic rings. The van der Waals surface area contributed by atoms with E-state index in [1.165, 1.54) is 21.6 Å². The van der Waals surface area contributed by atoms with E-state index < -0.39 is 9.84 Å². The fourth-order valence-corrected chi connectivity index (χ4v) is 6.13. The lowest BCUT2D eigenvalue weighted by atomic mass is 10.1. The number of rotatable bonds is 7. The number of benzene rings is 1. The van der Waals surface area contributed by atoms with Gasteiger partial charge in [-0.3, -0.25) is 4.68 Å².